The van der Waals surface area contributed by atoms with Crippen molar-refractivity contribution in [1.29, 1.82) is 0 Å². The van der Waals surface area contributed by atoms with E-state index in [0.717, 1.165) is 48.3 Å². The van der Waals surface area contributed by atoms with E-state index in [1.807, 2.05) is 45.2 Å². The fourth-order valence-electron chi connectivity index (χ4n) is 2.43. The molecule has 28 heavy (non-hydrogen) atoms. The first-order valence-electron chi connectivity index (χ1n) is 9.78. The van der Waals surface area contributed by atoms with E-state index < -0.39 is 0 Å². The lowest BCUT2D eigenvalue weighted by Crippen LogP contribution is -2.25. The number of hydroxylamine groups is 1. The maximum Gasteiger partial charge on any atom is 0.125 e. The van der Waals surface area contributed by atoms with Gasteiger partial charge in [-0.25, -0.2) is 0 Å². The minimum atomic E-state index is -0.205. The zero-order valence-electron chi connectivity index (χ0n) is 17.6. The Morgan fingerprint density at radius 3 is 2.25 bits per heavy atom. The molecule has 0 aliphatic carbocycles. The second kappa shape index (κ2) is 13.0. The van der Waals surface area contributed by atoms with Crippen molar-refractivity contribution in [3.05, 3.63) is 46.1 Å². The molecule has 0 fully saturated rings. The van der Waals surface area contributed by atoms with Gasteiger partial charge in [-0.15, -0.1) is 0 Å². The molecule has 0 heterocycles. The fourth-order valence-corrected chi connectivity index (χ4v) is 2.56. The third-order valence-corrected chi connectivity index (χ3v) is 4.09. The van der Waals surface area contributed by atoms with Crippen molar-refractivity contribution >= 4 is 23.2 Å². The molecule has 1 rings (SSSR count). The van der Waals surface area contributed by atoms with Crippen molar-refractivity contribution in [2.75, 3.05) is 13.2 Å². The first kappa shape index (κ1) is 24.7. The lowest BCUT2D eigenvalue weighted by molar-refractivity contribution is -0.0522. The van der Waals surface area contributed by atoms with Gasteiger partial charge in [-0.3, -0.25) is 10.3 Å². The van der Waals surface area contributed by atoms with E-state index in [4.69, 9.17) is 37.5 Å². The Morgan fingerprint density at radius 2 is 1.71 bits per heavy atom. The van der Waals surface area contributed by atoms with E-state index in [9.17, 15) is 0 Å². The Hall–Kier alpha value is -1.36. The molecule has 0 aliphatic rings. The highest BCUT2D eigenvalue weighted by molar-refractivity contribution is 6.55. The highest BCUT2D eigenvalue weighted by Gasteiger charge is 2.11. The summed E-state index contributed by atoms with van der Waals surface area (Å²) in [4.78, 5) is 5.42. The topological polar surface area (TPSA) is 39.7 Å². The fraction of sp³-hybridized carbons (Fsp3) is 0.545. The quantitative estimate of drug-likeness (QED) is 0.303. The molecule has 0 atom stereocenters. The lowest BCUT2D eigenvalue weighted by Gasteiger charge is -2.18. The molecular weight excluding hydrogens is 397 g/mol. The zero-order valence-corrected chi connectivity index (χ0v) is 19.1. The largest absolute Gasteiger partial charge is 0.493 e. The summed E-state index contributed by atoms with van der Waals surface area (Å²) < 4.78 is 12.1. The van der Waals surface area contributed by atoms with Gasteiger partial charge in [0.2, 0.25) is 0 Å². The van der Waals surface area contributed by atoms with E-state index >= 15 is 0 Å². The minimum absolute atomic E-state index is 0.205. The van der Waals surface area contributed by atoms with Gasteiger partial charge in [0.1, 0.15) is 22.6 Å². The Balaban J connectivity index is 2.57. The molecule has 0 bridgehead atoms. The van der Waals surface area contributed by atoms with Crippen LogP contribution in [0.25, 0.3) is 0 Å². The van der Waals surface area contributed by atoms with Gasteiger partial charge in [0, 0.05) is 6.20 Å². The average molecular weight is 430 g/mol. The Bertz CT molecular complexity index is 623. The molecule has 158 valence electrons. The predicted molar refractivity (Wildman–Crippen MR) is 118 cm³/mol. The normalized spacial score (nSPS) is 11.5. The maximum absolute atomic E-state index is 6.11. The Kier molecular flexibility index (Phi) is 11.4. The number of ether oxygens (including phenoxy) is 2. The number of aryl methyl sites for hydroxylation is 2. The molecule has 0 aliphatic heterocycles. The maximum atomic E-state index is 6.11. The van der Waals surface area contributed by atoms with Crippen molar-refractivity contribution in [3.63, 3.8) is 0 Å². The first-order chi connectivity index (χ1) is 13.3. The number of nitrogens with one attached hydrogen (secondary N) is 1. The van der Waals surface area contributed by atoms with Gasteiger partial charge in [0.25, 0.3) is 0 Å². The van der Waals surface area contributed by atoms with Crippen LogP contribution in [0.3, 0.4) is 0 Å². The molecule has 0 amide bonds. The second-order valence-electron chi connectivity index (χ2n) is 7.31. The number of unbranched alkanes of at least 4 members (excludes halogenated alkanes) is 1. The smallest absolute Gasteiger partial charge is 0.125 e. The molecule has 4 nitrogen and oxygen atoms in total. The number of benzene rings is 1. The lowest BCUT2D eigenvalue weighted by atomic mass is 10.0. The summed E-state index contributed by atoms with van der Waals surface area (Å²) in [6.45, 7) is 11.2. The van der Waals surface area contributed by atoms with Crippen LogP contribution in [-0.4, -0.2) is 18.8 Å². The summed E-state index contributed by atoms with van der Waals surface area (Å²) in [7, 11) is 0. The SMILES string of the molecule is CCc1cc(OCC=C(Cl)Cl)cc(CC)c1OCCCC=CNOC(C)(C)C. The second-order valence-corrected chi connectivity index (χ2v) is 8.32. The van der Waals surface area contributed by atoms with E-state index in [1.54, 1.807) is 6.08 Å². The van der Waals surface area contributed by atoms with Gasteiger partial charge in [-0.05, 0) is 75.8 Å². The van der Waals surface area contributed by atoms with Crippen LogP contribution in [-0.2, 0) is 17.7 Å². The Morgan fingerprint density at radius 1 is 1.07 bits per heavy atom. The van der Waals surface area contributed by atoms with Gasteiger partial charge in [-0.2, -0.15) is 0 Å². The van der Waals surface area contributed by atoms with Crippen LogP contribution in [0.15, 0.2) is 35.0 Å². The minimum Gasteiger partial charge on any atom is -0.493 e. The number of halogens is 2. The van der Waals surface area contributed by atoms with Gasteiger partial charge in [0.05, 0.1) is 12.2 Å². The van der Waals surface area contributed by atoms with Crippen LogP contribution in [0, 0.1) is 0 Å². The number of allylic oxidation sites excluding steroid dienone is 1. The number of hydrogen-bond donors (Lipinski definition) is 1. The van der Waals surface area contributed by atoms with Gasteiger partial charge >= 0.3 is 0 Å². The molecule has 0 unspecified atom stereocenters. The van der Waals surface area contributed by atoms with E-state index in [-0.39, 0.29) is 10.1 Å². The third-order valence-electron chi connectivity index (χ3n) is 3.78. The summed E-state index contributed by atoms with van der Waals surface area (Å²) >= 11 is 11.3. The van der Waals surface area contributed by atoms with Crippen LogP contribution >= 0.6 is 23.2 Å². The highest BCUT2D eigenvalue weighted by Crippen LogP contribution is 2.31. The average Bonchev–Trinajstić information content (AvgIpc) is 2.62. The third kappa shape index (κ3) is 10.3. The summed E-state index contributed by atoms with van der Waals surface area (Å²) in [6, 6.07) is 4.05. The molecule has 0 saturated heterocycles. The standard InChI is InChI=1S/C22H33Cl2NO3/c1-6-17-15-19(26-14-11-20(23)24)16-18(7-2)21(17)27-13-10-8-9-12-25-28-22(3,4)5/h9,11-12,15-16,25H,6-8,10,13-14H2,1-5H3. The summed E-state index contributed by atoms with van der Waals surface area (Å²) in [6.07, 6.45) is 9.09. The van der Waals surface area contributed by atoms with E-state index in [0.29, 0.717) is 13.2 Å². The van der Waals surface area contributed by atoms with Crippen LogP contribution in [0.5, 0.6) is 11.5 Å². The Labute approximate surface area is 179 Å². The van der Waals surface area contributed by atoms with Crippen molar-refractivity contribution < 1.29 is 14.3 Å². The first-order valence-corrected chi connectivity index (χ1v) is 10.5. The van der Waals surface area contributed by atoms with Crippen molar-refractivity contribution in [2.45, 2.75) is 65.9 Å². The van der Waals surface area contributed by atoms with Crippen molar-refractivity contribution in [3.8, 4) is 11.5 Å². The van der Waals surface area contributed by atoms with Crippen LogP contribution in [0.1, 0.15) is 58.6 Å². The summed E-state index contributed by atoms with van der Waals surface area (Å²) in [5.41, 5.74) is 4.93. The van der Waals surface area contributed by atoms with Gasteiger partial charge < -0.3 is 9.47 Å². The van der Waals surface area contributed by atoms with E-state index in [2.05, 4.69) is 19.3 Å². The predicted octanol–water partition coefficient (Wildman–Crippen LogP) is 6.50. The molecule has 0 radical (unpaired) electrons. The van der Waals surface area contributed by atoms with Gasteiger partial charge in [0.15, 0.2) is 0 Å². The molecule has 0 aromatic heterocycles. The van der Waals surface area contributed by atoms with Crippen LogP contribution in [0.4, 0.5) is 0 Å². The number of hydrogen-bond acceptors (Lipinski definition) is 4. The molecule has 6 heteroatoms. The highest BCUT2D eigenvalue weighted by atomic mass is 35.5. The molecule has 1 aromatic rings. The van der Waals surface area contributed by atoms with Crippen LogP contribution < -0.4 is 15.0 Å². The molecule has 1 N–H and O–H groups in total. The van der Waals surface area contributed by atoms with Crippen molar-refractivity contribution in [2.24, 2.45) is 0 Å². The van der Waals surface area contributed by atoms with Crippen LogP contribution in [0.2, 0.25) is 0 Å². The summed E-state index contributed by atoms with van der Waals surface area (Å²) in [5, 5.41) is 0. The van der Waals surface area contributed by atoms with Gasteiger partial charge in [-0.1, -0.05) is 43.1 Å². The molecule has 0 spiro atoms. The monoisotopic (exact) mass is 429 g/mol. The van der Waals surface area contributed by atoms with Crippen molar-refractivity contribution in [1.82, 2.24) is 5.48 Å². The molecular formula is C22H33Cl2NO3. The molecule has 0 saturated carbocycles. The van der Waals surface area contributed by atoms with E-state index in [1.165, 1.54) is 0 Å². The zero-order chi connectivity index (χ0) is 21.0. The number of rotatable bonds is 12. The molecule has 1 aromatic carbocycles. The summed E-state index contributed by atoms with van der Waals surface area (Å²) in [5.74, 6) is 1.78.